The Morgan fingerprint density at radius 3 is 2.96 bits per heavy atom. The number of pyridine rings is 1. The van der Waals surface area contributed by atoms with Crippen LogP contribution < -0.4 is 5.32 Å². The van der Waals surface area contributed by atoms with Gasteiger partial charge < -0.3 is 10.1 Å². The first-order valence-electron chi connectivity index (χ1n) is 8.95. The quantitative estimate of drug-likeness (QED) is 0.768. The highest BCUT2D eigenvalue weighted by molar-refractivity contribution is 5.96. The molecule has 0 spiro atoms. The van der Waals surface area contributed by atoms with Crippen LogP contribution >= 0.6 is 0 Å². The number of nitrogens with one attached hydrogen (secondary N) is 1. The summed E-state index contributed by atoms with van der Waals surface area (Å²) in [5, 5.41) is 7.29. The molecule has 26 heavy (non-hydrogen) atoms. The molecule has 2 heterocycles. The lowest BCUT2D eigenvalue weighted by atomic mass is 10.1. The van der Waals surface area contributed by atoms with E-state index in [9.17, 15) is 4.79 Å². The summed E-state index contributed by atoms with van der Waals surface area (Å²) < 4.78 is 7.79. The smallest absolute Gasteiger partial charge is 0.253 e. The van der Waals surface area contributed by atoms with Crippen LogP contribution in [-0.2, 0) is 18.4 Å². The molecule has 3 aromatic rings. The van der Waals surface area contributed by atoms with Gasteiger partial charge in [0.2, 0.25) is 0 Å². The van der Waals surface area contributed by atoms with E-state index in [1.54, 1.807) is 17.1 Å². The molecule has 134 valence electrons. The van der Waals surface area contributed by atoms with Crippen LogP contribution in [-0.4, -0.2) is 32.8 Å². The van der Waals surface area contributed by atoms with Crippen LogP contribution in [0, 0.1) is 0 Å². The summed E-state index contributed by atoms with van der Waals surface area (Å²) in [6, 6.07) is 12.0. The number of nitrogens with zero attached hydrogens (tertiary/aromatic N) is 3. The van der Waals surface area contributed by atoms with Crippen LogP contribution in [0.3, 0.4) is 0 Å². The number of carbonyl (C=O) groups is 1. The van der Waals surface area contributed by atoms with E-state index in [1.807, 2.05) is 31.3 Å². The van der Waals surface area contributed by atoms with E-state index in [1.165, 1.54) is 0 Å². The Hall–Kier alpha value is -2.73. The highest BCUT2D eigenvalue weighted by Gasteiger charge is 2.29. The maximum atomic E-state index is 12.7. The second-order valence-corrected chi connectivity index (χ2v) is 6.74. The molecule has 0 aliphatic heterocycles. The molecule has 1 aromatic carbocycles. The van der Waals surface area contributed by atoms with Gasteiger partial charge in [0.25, 0.3) is 5.91 Å². The minimum Gasteiger partial charge on any atom is -0.371 e. The van der Waals surface area contributed by atoms with Gasteiger partial charge in [-0.25, -0.2) is 0 Å². The van der Waals surface area contributed by atoms with Crippen molar-refractivity contribution in [1.82, 2.24) is 20.1 Å². The summed E-state index contributed by atoms with van der Waals surface area (Å²) in [5.41, 5.74) is 3.33. The first-order valence-corrected chi connectivity index (χ1v) is 8.95. The van der Waals surface area contributed by atoms with Gasteiger partial charge in [0.15, 0.2) is 0 Å². The third-order valence-electron chi connectivity index (χ3n) is 4.94. The molecule has 4 rings (SSSR count). The van der Waals surface area contributed by atoms with Gasteiger partial charge in [-0.15, -0.1) is 0 Å². The minimum absolute atomic E-state index is 0.0356. The molecule has 1 amide bonds. The summed E-state index contributed by atoms with van der Waals surface area (Å²) in [4.78, 5) is 17.0. The van der Waals surface area contributed by atoms with Gasteiger partial charge in [0.05, 0.1) is 36.0 Å². The van der Waals surface area contributed by atoms with Crippen LogP contribution in [0.5, 0.6) is 0 Å². The Morgan fingerprint density at radius 2 is 2.12 bits per heavy atom. The standard InChI is InChI=1S/C20H22N4O2/c1-24-18-10-15(11-21-17(18)12-22-24)20(25)23-16-8-5-9-19(16)26-13-14-6-3-2-4-7-14/h2-4,6-7,10-12,16,19H,5,8-9,13H2,1H3,(H,23,25)/t16-,19-/m1/s1. The number of fused-ring (bicyclic) bond motifs is 1. The number of hydrogen-bond acceptors (Lipinski definition) is 4. The summed E-state index contributed by atoms with van der Waals surface area (Å²) in [5.74, 6) is -0.110. The predicted octanol–water partition coefficient (Wildman–Crippen LogP) is 2.84. The lowest BCUT2D eigenvalue weighted by molar-refractivity contribution is 0.0272. The number of hydrogen-bond donors (Lipinski definition) is 1. The highest BCUT2D eigenvalue weighted by Crippen LogP contribution is 2.24. The average molecular weight is 350 g/mol. The Morgan fingerprint density at radius 1 is 1.27 bits per heavy atom. The number of rotatable bonds is 5. The maximum absolute atomic E-state index is 12.7. The van der Waals surface area contributed by atoms with Crippen LogP contribution in [0.2, 0.25) is 0 Å². The average Bonchev–Trinajstić information content (AvgIpc) is 3.27. The maximum Gasteiger partial charge on any atom is 0.253 e. The van der Waals surface area contributed by atoms with Crippen molar-refractivity contribution in [3.05, 3.63) is 59.9 Å². The molecule has 1 N–H and O–H groups in total. The first-order chi connectivity index (χ1) is 12.7. The van der Waals surface area contributed by atoms with Crippen LogP contribution in [0.4, 0.5) is 0 Å². The van der Waals surface area contributed by atoms with Gasteiger partial charge in [-0.2, -0.15) is 5.10 Å². The van der Waals surface area contributed by atoms with E-state index in [4.69, 9.17) is 4.74 Å². The van der Waals surface area contributed by atoms with Gasteiger partial charge >= 0.3 is 0 Å². The lowest BCUT2D eigenvalue weighted by Crippen LogP contribution is -2.41. The molecular weight excluding hydrogens is 328 g/mol. The van der Waals surface area contributed by atoms with Crippen molar-refractivity contribution in [3.8, 4) is 0 Å². The van der Waals surface area contributed by atoms with E-state index in [0.717, 1.165) is 35.9 Å². The second-order valence-electron chi connectivity index (χ2n) is 6.74. The Labute approximate surface area is 152 Å². The van der Waals surface area contributed by atoms with E-state index in [-0.39, 0.29) is 18.1 Å². The normalized spacial score (nSPS) is 19.7. The van der Waals surface area contributed by atoms with Crippen molar-refractivity contribution in [1.29, 1.82) is 0 Å². The van der Waals surface area contributed by atoms with Gasteiger partial charge in [-0.1, -0.05) is 30.3 Å². The fraction of sp³-hybridized carbons (Fsp3) is 0.350. The van der Waals surface area contributed by atoms with Gasteiger partial charge in [-0.3, -0.25) is 14.5 Å². The largest absolute Gasteiger partial charge is 0.371 e. The third kappa shape index (κ3) is 3.46. The van der Waals surface area contributed by atoms with Crippen molar-refractivity contribution in [2.24, 2.45) is 7.05 Å². The number of carbonyl (C=O) groups excluding carboxylic acids is 1. The number of aromatic nitrogens is 3. The number of benzene rings is 1. The molecule has 0 bridgehead atoms. The topological polar surface area (TPSA) is 69.0 Å². The zero-order valence-corrected chi connectivity index (χ0v) is 14.8. The SMILES string of the molecule is Cn1ncc2ncc(C(=O)N[C@@H]3CCC[C@H]3OCc3ccccc3)cc21. The Balaban J connectivity index is 1.41. The van der Waals surface area contributed by atoms with E-state index in [2.05, 4.69) is 27.5 Å². The zero-order chi connectivity index (χ0) is 17.9. The molecule has 1 fully saturated rings. The lowest BCUT2D eigenvalue weighted by Gasteiger charge is -2.21. The summed E-state index contributed by atoms with van der Waals surface area (Å²) in [7, 11) is 1.84. The van der Waals surface area contributed by atoms with Crippen molar-refractivity contribution < 1.29 is 9.53 Å². The van der Waals surface area contributed by atoms with E-state index in [0.29, 0.717) is 12.2 Å². The molecule has 2 aromatic heterocycles. The first kappa shape index (κ1) is 16.7. The van der Waals surface area contributed by atoms with Crippen molar-refractivity contribution in [2.75, 3.05) is 0 Å². The molecule has 0 radical (unpaired) electrons. The number of ether oxygens (including phenoxy) is 1. The second kappa shape index (κ2) is 7.25. The van der Waals surface area contributed by atoms with Crippen molar-refractivity contribution >= 4 is 16.9 Å². The molecular formula is C20H22N4O2. The Bertz CT molecular complexity index is 907. The predicted molar refractivity (Wildman–Crippen MR) is 98.6 cm³/mol. The fourth-order valence-electron chi connectivity index (χ4n) is 3.47. The molecule has 1 aliphatic carbocycles. The molecule has 6 nitrogen and oxygen atoms in total. The number of aryl methyl sites for hydroxylation is 1. The molecule has 0 unspecified atom stereocenters. The number of amides is 1. The monoisotopic (exact) mass is 350 g/mol. The molecule has 0 saturated heterocycles. The van der Waals surface area contributed by atoms with Crippen molar-refractivity contribution in [3.63, 3.8) is 0 Å². The van der Waals surface area contributed by atoms with E-state index >= 15 is 0 Å². The van der Waals surface area contributed by atoms with Gasteiger partial charge in [0.1, 0.15) is 5.52 Å². The minimum atomic E-state index is -0.110. The molecule has 2 atom stereocenters. The fourth-order valence-corrected chi connectivity index (χ4v) is 3.47. The summed E-state index contributed by atoms with van der Waals surface area (Å²) in [6.07, 6.45) is 6.31. The van der Waals surface area contributed by atoms with Gasteiger partial charge in [0, 0.05) is 13.2 Å². The van der Waals surface area contributed by atoms with Gasteiger partial charge in [-0.05, 0) is 30.9 Å². The summed E-state index contributed by atoms with van der Waals surface area (Å²) >= 11 is 0. The molecule has 1 aliphatic rings. The summed E-state index contributed by atoms with van der Waals surface area (Å²) in [6.45, 7) is 0.570. The van der Waals surface area contributed by atoms with Crippen LogP contribution in [0.15, 0.2) is 48.8 Å². The zero-order valence-electron chi connectivity index (χ0n) is 14.8. The molecule has 1 saturated carbocycles. The van der Waals surface area contributed by atoms with Crippen molar-refractivity contribution in [2.45, 2.75) is 38.0 Å². The van der Waals surface area contributed by atoms with E-state index < -0.39 is 0 Å². The third-order valence-corrected chi connectivity index (χ3v) is 4.94. The van der Waals surface area contributed by atoms with Crippen LogP contribution in [0.25, 0.3) is 11.0 Å². The van der Waals surface area contributed by atoms with Crippen LogP contribution in [0.1, 0.15) is 35.2 Å². The molecule has 6 heteroatoms. The Kier molecular flexibility index (Phi) is 4.67. The highest BCUT2D eigenvalue weighted by atomic mass is 16.5.